The van der Waals surface area contributed by atoms with E-state index in [0.29, 0.717) is 40.2 Å². The van der Waals surface area contributed by atoms with Gasteiger partial charge in [0.2, 0.25) is 6.79 Å². The largest absolute Gasteiger partial charge is 0.454 e. The number of carbonyl (C=O) groups excluding carboxylic acids is 2. The third-order valence-corrected chi connectivity index (χ3v) is 6.92. The molecular weight excluding hydrogens is 520 g/mol. The summed E-state index contributed by atoms with van der Waals surface area (Å²) >= 11 is 4.72. The maximum atomic E-state index is 13.0. The Balaban J connectivity index is 1.49. The zero-order valence-electron chi connectivity index (χ0n) is 19.1. The molecule has 0 saturated heterocycles. The Morgan fingerprint density at radius 2 is 1.79 bits per heavy atom. The van der Waals surface area contributed by atoms with Gasteiger partial charge in [0.25, 0.3) is 5.91 Å². The molecule has 4 rings (SSSR count). The predicted octanol–water partition coefficient (Wildman–Crippen LogP) is 4.89. The van der Waals surface area contributed by atoms with Crippen molar-refractivity contribution in [2.75, 3.05) is 12.5 Å². The van der Waals surface area contributed by atoms with Crippen molar-refractivity contribution in [1.29, 1.82) is 0 Å². The number of halogens is 1. The third kappa shape index (κ3) is 5.28. The normalized spacial score (nSPS) is 13.2. The highest BCUT2D eigenvalue weighted by Gasteiger charge is 2.27. The Hall–Kier alpha value is -2.85. The first-order chi connectivity index (χ1) is 16.4. The molecule has 3 aromatic rings. The molecule has 0 bridgehead atoms. The van der Waals surface area contributed by atoms with Gasteiger partial charge in [0.15, 0.2) is 28.3 Å². The van der Waals surface area contributed by atoms with Gasteiger partial charge in [-0.2, -0.15) is 0 Å². The molecule has 2 heterocycles. The Kier molecular flexibility index (Phi) is 7.57. The summed E-state index contributed by atoms with van der Waals surface area (Å²) in [6.45, 7) is 6.79. The van der Waals surface area contributed by atoms with Crippen LogP contribution in [0.2, 0.25) is 0 Å². The molecule has 1 aromatic heterocycles. The Labute approximate surface area is 210 Å². The lowest BCUT2D eigenvalue weighted by Gasteiger charge is -2.22. The molecule has 1 aliphatic heterocycles. The number of amides is 1. The topological polar surface area (TPSA) is 95.3 Å². The molecule has 1 aliphatic rings. The van der Waals surface area contributed by atoms with E-state index < -0.39 is 0 Å². The van der Waals surface area contributed by atoms with Crippen LogP contribution in [0.25, 0.3) is 0 Å². The molecule has 8 nitrogen and oxygen atoms in total. The number of ketones is 1. The van der Waals surface area contributed by atoms with Crippen LogP contribution in [0, 0.1) is 5.92 Å². The molecule has 1 amide bonds. The molecule has 1 unspecified atom stereocenters. The van der Waals surface area contributed by atoms with Crippen molar-refractivity contribution in [2.45, 2.75) is 38.5 Å². The van der Waals surface area contributed by atoms with Gasteiger partial charge in [-0.15, -0.1) is 10.2 Å². The monoisotopic (exact) mass is 544 g/mol. The molecule has 34 heavy (non-hydrogen) atoms. The summed E-state index contributed by atoms with van der Waals surface area (Å²) < 4.78 is 13.6. The third-order valence-electron chi connectivity index (χ3n) is 5.43. The molecule has 0 saturated carbocycles. The minimum atomic E-state index is -0.359. The highest BCUT2D eigenvalue weighted by atomic mass is 79.9. The van der Waals surface area contributed by atoms with Crippen LogP contribution in [0.3, 0.4) is 0 Å². The zero-order chi connectivity index (χ0) is 24.2. The fraction of sp³-hybridized carbons (Fsp3) is 0.333. The van der Waals surface area contributed by atoms with Gasteiger partial charge in [0, 0.05) is 22.1 Å². The van der Waals surface area contributed by atoms with Gasteiger partial charge in [-0.25, -0.2) is 0 Å². The first-order valence-corrected chi connectivity index (χ1v) is 12.7. The molecule has 2 aromatic carbocycles. The average Bonchev–Trinajstić information content (AvgIpc) is 3.47. The number of carbonyl (C=O) groups is 2. The van der Waals surface area contributed by atoms with Crippen LogP contribution in [0.15, 0.2) is 52.1 Å². The smallest absolute Gasteiger partial charge is 0.252 e. The van der Waals surface area contributed by atoms with Gasteiger partial charge in [-0.05, 0) is 43.2 Å². The Morgan fingerprint density at radius 1 is 1.09 bits per heavy atom. The van der Waals surface area contributed by atoms with Crippen molar-refractivity contribution in [2.24, 2.45) is 5.92 Å². The van der Waals surface area contributed by atoms with Crippen molar-refractivity contribution in [3.63, 3.8) is 0 Å². The minimum Gasteiger partial charge on any atom is -0.454 e. The van der Waals surface area contributed by atoms with Crippen LogP contribution < -0.4 is 14.8 Å². The number of fused-ring (bicyclic) bond motifs is 1. The van der Waals surface area contributed by atoms with Crippen LogP contribution in [-0.4, -0.2) is 39.0 Å². The van der Waals surface area contributed by atoms with Gasteiger partial charge < -0.3 is 19.4 Å². The molecular formula is C24H25BrN4O4S. The maximum absolute atomic E-state index is 13.0. The van der Waals surface area contributed by atoms with E-state index in [4.69, 9.17) is 9.47 Å². The molecule has 0 aliphatic carbocycles. The van der Waals surface area contributed by atoms with E-state index in [0.717, 1.165) is 4.47 Å². The first kappa shape index (κ1) is 24.3. The second-order valence-electron chi connectivity index (χ2n) is 8.07. The van der Waals surface area contributed by atoms with E-state index in [2.05, 4.69) is 31.4 Å². The standard InChI is InChI=1S/C24H25BrN4O4S/c1-4-29-22(27-28-24(29)34-12-18(30)15-5-8-17(25)9-6-15)21(14(2)3)26-23(31)16-7-10-19-20(11-16)33-13-32-19/h5-11,14,21H,4,12-13H2,1-3H3,(H,26,31). The summed E-state index contributed by atoms with van der Waals surface area (Å²) in [4.78, 5) is 25.6. The number of Topliss-reactive ketones (excluding diaryl/α,β-unsaturated/α-hetero) is 1. The van der Waals surface area contributed by atoms with Crippen LogP contribution in [0.5, 0.6) is 11.5 Å². The second kappa shape index (κ2) is 10.6. The maximum Gasteiger partial charge on any atom is 0.252 e. The van der Waals surface area contributed by atoms with Gasteiger partial charge in [-0.3, -0.25) is 9.59 Å². The number of thioether (sulfide) groups is 1. The SMILES string of the molecule is CCn1c(SCC(=O)c2ccc(Br)cc2)nnc1C(NC(=O)c1ccc2c(c1)OCO2)C(C)C. The summed E-state index contributed by atoms with van der Waals surface area (Å²) in [6.07, 6.45) is 0. The van der Waals surface area contributed by atoms with E-state index in [9.17, 15) is 9.59 Å². The molecule has 1 N–H and O–H groups in total. The second-order valence-corrected chi connectivity index (χ2v) is 9.93. The van der Waals surface area contributed by atoms with Crippen molar-refractivity contribution >= 4 is 39.4 Å². The molecule has 10 heteroatoms. The summed E-state index contributed by atoms with van der Waals surface area (Å²) in [5, 5.41) is 12.4. The van der Waals surface area contributed by atoms with E-state index in [1.165, 1.54) is 11.8 Å². The Bertz CT molecular complexity index is 1200. The van der Waals surface area contributed by atoms with Crippen LogP contribution in [0.1, 0.15) is 53.4 Å². The molecule has 178 valence electrons. The quantitative estimate of drug-likeness (QED) is 0.302. The number of nitrogens with one attached hydrogen (secondary N) is 1. The van der Waals surface area contributed by atoms with E-state index in [-0.39, 0.29) is 36.2 Å². The summed E-state index contributed by atoms with van der Waals surface area (Å²) in [5.41, 5.74) is 1.13. The minimum absolute atomic E-state index is 0.0150. The predicted molar refractivity (Wildman–Crippen MR) is 133 cm³/mol. The summed E-state index contributed by atoms with van der Waals surface area (Å²) in [6, 6.07) is 12.0. The summed E-state index contributed by atoms with van der Waals surface area (Å²) in [5.74, 6) is 1.93. The fourth-order valence-corrected chi connectivity index (χ4v) is 4.74. The number of hydrogen-bond donors (Lipinski definition) is 1. The number of benzene rings is 2. The number of hydrogen-bond acceptors (Lipinski definition) is 7. The van der Waals surface area contributed by atoms with Crippen LogP contribution in [-0.2, 0) is 6.54 Å². The highest BCUT2D eigenvalue weighted by Crippen LogP contribution is 2.33. The van der Waals surface area contributed by atoms with E-state index >= 15 is 0 Å². The number of ether oxygens (including phenoxy) is 2. The van der Waals surface area contributed by atoms with Crippen molar-refractivity contribution < 1.29 is 19.1 Å². The summed E-state index contributed by atoms with van der Waals surface area (Å²) in [7, 11) is 0. The van der Waals surface area contributed by atoms with E-state index in [1.807, 2.05) is 37.5 Å². The molecule has 0 spiro atoms. The Morgan fingerprint density at radius 3 is 2.50 bits per heavy atom. The first-order valence-electron chi connectivity index (χ1n) is 10.9. The number of rotatable bonds is 9. The average molecular weight is 545 g/mol. The van der Waals surface area contributed by atoms with Gasteiger partial charge in [-0.1, -0.05) is 53.7 Å². The lowest BCUT2D eigenvalue weighted by Crippen LogP contribution is -2.33. The van der Waals surface area contributed by atoms with Gasteiger partial charge in [0.05, 0.1) is 11.8 Å². The lowest BCUT2D eigenvalue weighted by atomic mass is 10.0. The van der Waals surface area contributed by atoms with Crippen molar-refractivity contribution in [3.05, 3.63) is 63.9 Å². The molecule has 1 atom stereocenters. The van der Waals surface area contributed by atoms with Crippen LogP contribution >= 0.6 is 27.7 Å². The van der Waals surface area contributed by atoms with Crippen molar-refractivity contribution in [1.82, 2.24) is 20.1 Å². The van der Waals surface area contributed by atoms with Crippen molar-refractivity contribution in [3.8, 4) is 11.5 Å². The zero-order valence-corrected chi connectivity index (χ0v) is 21.5. The van der Waals surface area contributed by atoms with Gasteiger partial charge in [0.1, 0.15) is 0 Å². The fourth-order valence-electron chi connectivity index (χ4n) is 3.58. The van der Waals surface area contributed by atoms with Crippen LogP contribution in [0.4, 0.5) is 0 Å². The highest BCUT2D eigenvalue weighted by molar-refractivity contribution is 9.10. The number of aromatic nitrogens is 3. The molecule has 0 radical (unpaired) electrons. The lowest BCUT2D eigenvalue weighted by molar-refractivity contribution is 0.0920. The molecule has 0 fully saturated rings. The van der Waals surface area contributed by atoms with Gasteiger partial charge >= 0.3 is 0 Å². The number of nitrogens with zero attached hydrogens (tertiary/aromatic N) is 3. The van der Waals surface area contributed by atoms with E-state index in [1.54, 1.807) is 30.3 Å².